The molecule has 2 heterocycles. The highest BCUT2D eigenvalue weighted by molar-refractivity contribution is 5.81. The molecule has 0 aliphatic rings. The van der Waals surface area contributed by atoms with Gasteiger partial charge in [-0.2, -0.15) is 5.26 Å². The molecule has 6 nitrogen and oxygen atoms in total. The van der Waals surface area contributed by atoms with E-state index in [4.69, 9.17) is 9.52 Å². The van der Waals surface area contributed by atoms with Crippen molar-refractivity contribution in [1.82, 2.24) is 4.98 Å². The second kappa shape index (κ2) is 6.84. The van der Waals surface area contributed by atoms with Crippen LogP contribution in [0, 0.1) is 17.1 Å². The van der Waals surface area contributed by atoms with E-state index in [1.165, 1.54) is 12.3 Å². The van der Waals surface area contributed by atoms with E-state index in [-0.39, 0.29) is 16.9 Å². The quantitative estimate of drug-likeness (QED) is 0.739. The number of nitriles is 1. The summed E-state index contributed by atoms with van der Waals surface area (Å²) in [5.74, 6) is -1.14. The van der Waals surface area contributed by atoms with E-state index < -0.39 is 18.3 Å². The van der Waals surface area contributed by atoms with Crippen LogP contribution in [0.25, 0.3) is 22.6 Å². The standard InChI is InChI=1S/C18H12FN3O3/c19-14-5-2-1-4-11(14)12-8-15(16-6-3-7-25-16)22-18(13(12)9-20)21-10-17(23)24/h1-8H,10H2,(H,21,22)(H,23,24). The van der Waals surface area contributed by atoms with Gasteiger partial charge in [-0.3, -0.25) is 4.79 Å². The van der Waals surface area contributed by atoms with Gasteiger partial charge < -0.3 is 14.8 Å². The first kappa shape index (κ1) is 16.2. The fourth-order valence-electron chi connectivity index (χ4n) is 2.39. The summed E-state index contributed by atoms with van der Waals surface area (Å²) in [6, 6.07) is 12.9. The number of rotatable bonds is 5. The number of carboxylic acids is 1. The number of nitrogens with one attached hydrogen (secondary N) is 1. The highest BCUT2D eigenvalue weighted by atomic mass is 19.1. The van der Waals surface area contributed by atoms with Gasteiger partial charge in [0.25, 0.3) is 0 Å². The average Bonchev–Trinajstić information content (AvgIpc) is 3.14. The molecule has 25 heavy (non-hydrogen) atoms. The molecule has 0 spiro atoms. The zero-order valence-corrected chi connectivity index (χ0v) is 12.9. The molecule has 2 aromatic heterocycles. The summed E-state index contributed by atoms with van der Waals surface area (Å²) in [5.41, 5.74) is 0.930. The molecule has 0 bridgehead atoms. The number of pyridine rings is 1. The van der Waals surface area contributed by atoms with E-state index in [2.05, 4.69) is 10.3 Å². The molecule has 0 atom stereocenters. The molecule has 3 aromatic rings. The first-order valence-electron chi connectivity index (χ1n) is 7.29. The molecule has 124 valence electrons. The lowest BCUT2D eigenvalue weighted by Gasteiger charge is -2.12. The van der Waals surface area contributed by atoms with Crippen molar-refractivity contribution in [1.29, 1.82) is 5.26 Å². The van der Waals surface area contributed by atoms with Crippen LogP contribution in [0.5, 0.6) is 0 Å². The van der Waals surface area contributed by atoms with Crippen molar-refractivity contribution < 1.29 is 18.7 Å². The molecule has 0 amide bonds. The molecular formula is C18H12FN3O3. The molecule has 7 heteroatoms. The number of anilines is 1. The van der Waals surface area contributed by atoms with E-state index in [0.29, 0.717) is 17.0 Å². The molecule has 0 fully saturated rings. The van der Waals surface area contributed by atoms with Crippen molar-refractivity contribution >= 4 is 11.8 Å². The van der Waals surface area contributed by atoms with Gasteiger partial charge in [0.2, 0.25) is 0 Å². The van der Waals surface area contributed by atoms with E-state index >= 15 is 0 Å². The minimum atomic E-state index is -1.11. The summed E-state index contributed by atoms with van der Waals surface area (Å²) in [6.45, 7) is -0.431. The molecule has 0 saturated heterocycles. The van der Waals surface area contributed by atoms with Crippen LogP contribution in [0.3, 0.4) is 0 Å². The summed E-state index contributed by atoms with van der Waals surface area (Å²) < 4.78 is 19.6. The number of carboxylic acid groups (broad SMARTS) is 1. The van der Waals surface area contributed by atoms with Crippen LogP contribution in [-0.4, -0.2) is 22.6 Å². The minimum Gasteiger partial charge on any atom is -0.480 e. The molecule has 0 unspecified atom stereocenters. The van der Waals surface area contributed by atoms with Gasteiger partial charge in [-0.05, 0) is 24.3 Å². The Hall–Kier alpha value is -3.66. The Kier molecular flexibility index (Phi) is 4.44. The Morgan fingerprint density at radius 1 is 1.28 bits per heavy atom. The number of furan rings is 1. The Bertz CT molecular complexity index is 962. The first-order chi connectivity index (χ1) is 12.1. The molecule has 0 radical (unpaired) electrons. The van der Waals surface area contributed by atoms with Gasteiger partial charge in [-0.15, -0.1) is 0 Å². The van der Waals surface area contributed by atoms with Crippen LogP contribution >= 0.6 is 0 Å². The SMILES string of the molecule is N#Cc1c(-c2ccccc2F)cc(-c2ccco2)nc1NCC(=O)O. The lowest BCUT2D eigenvalue weighted by Crippen LogP contribution is -2.15. The summed E-state index contributed by atoms with van der Waals surface area (Å²) in [7, 11) is 0. The zero-order chi connectivity index (χ0) is 17.8. The van der Waals surface area contributed by atoms with Gasteiger partial charge in [-0.25, -0.2) is 9.37 Å². The second-order valence-corrected chi connectivity index (χ2v) is 5.09. The van der Waals surface area contributed by atoms with Crippen LogP contribution in [0.15, 0.2) is 53.1 Å². The summed E-state index contributed by atoms with van der Waals surface area (Å²) >= 11 is 0. The van der Waals surface area contributed by atoms with Crippen molar-refractivity contribution in [3.63, 3.8) is 0 Å². The Balaban J connectivity index is 2.23. The van der Waals surface area contributed by atoms with E-state index in [1.807, 2.05) is 6.07 Å². The van der Waals surface area contributed by atoms with Gasteiger partial charge in [0.15, 0.2) is 5.76 Å². The molecule has 0 aliphatic heterocycles. The zero-order valence-electron chi connectivity index (χ0n) is 12.9. The lowest BCUT2D eigenvalue weighted by molar-refractivity contribution is -0.134. The fraction of sp³-hybridized carbons (Fsp3) is 0.0556. The topological polar surface area (TPSA) is 99.2 Å². The molecular weight excluding hydrogens is 325 g/mol. The van der Waals surface area contributed by atoms with Gasteiger partial charge in [0, 0.05) is 11.1 Å². The van der Waals surface area contributed by atoms with Crippen LogP contribution in [0.2, 0.25) is 0 Å². The molecule has 0 saturated carbocycles. The van der Waals surface area contributed by atoms with Gasteiger partial charge in [0.05, 0.1) is 6.26 Å². The van der Waals surface area contributed by atoms with Crippen molar-refractivity contribution in [2.75, 3.05) is 11.9 Å². The maximum Gasteiger partial charge on any atom is 0.322 e. The largest absolute Gasteiger partial charge is 0.480 e. The van der Waals surface area contributed by atoms with Gasteiger partial charge in [0.1, 0.15) is 35.5 Å². The van der Waals surface area contributed by atoms with Gasteiger partial charge in [-0.1, -0.05) is 18.2 Å². The number of benzene rings is 1. The number of hydrogen-bond donors (Lipinski definition) is 2. The van der Waals surface area contributed by atoms with Crippen molar-refractivity contribution in [3.05, 3.63) is 60.1 Å². The number of halogens is 1. The first-order valence-corrected chi connectivity index (χ1v) is 7.29. The Morgan fingerprint density at radius 3 is 2.72 bits per heavy atom. The van der Waals surface area contributed by atoms with E-state index in [0.717, 1.165) is 0 Å². The van der Waals surface area contributed by atoms with Crippen LogP contribution in [0.1, 0.15) is 5.56 Å². The van der Waals surface area contributed by atoms with E-state index in [9.17, 15) is 14.4 Å². The minimum absolute atomic E-state index is 0.0528. The van der Waals surface area contributed by atoms with Crippen molar-refractivity contribution in [2.24, 2.45) is 0 Å². The molecule has 3 rings (SSSR count). The number of nitrogens with zero attached hydrogens (tertiary/aromatic N) is 2. The number of carbonyl (C=O) groups is 1. The summed E-state index contributed by atoms with van der Waals surface area (Å²) in [5, 5.41) is 21.0. The third-order valence-electron chi connectivity index (χ3n) is 3.48. The molecule has 1 aromatic carbocycles. The summed E-state index contributed by atoms with van der Waals surface area (Å²) in [4.78, 5) is 15.1. The van der Waals surface area contributed by atoms with Crippen LogP contribution in [-0.2, 0) is 4.79 Å². The highest BCUT2D eigenvalue weighted by Crippen LogP contribution is 2.33. The Morgan fingerprint density at radius 2 is 2.08 bits per heavy atom. The predicted octanol–water partition coefficient (Wildman–Crippen LogP) is 3.52. The second-order valence-electron chi connectivity index (χ2n) is 5.09. The lowest BCUT2D eigenvalue weighted by atomic mass is 9.99. The molecule has 0 aliphatic carbocycles. The van der Waals surface area contributed by atoms with Crippen molar-refractivity contribution in [2.45, 2.75) is 0 Å². The maximum absolute atomic E-state index is 14.2. The highest BCUT2D eigenvalue weighted by Gasteiger charge is 2.18. The summed E-state index contributed by atoms with van der Waals surface area (Å²) in [6.07, 6.45) is 1.46. The van der Waals surface area contributed by atoms with E-state index in [1.54, 1.807) is 36.4 Å². The smallest absolute Gasteiger partial charge is 0.322 e. The number of aromatic nitrogens is 1. The van der Waals surface area contributed by atoms with Crippen molar-refractivity contribution in [3.8, 4) is 28.7 Å². The van der Waals surface area contributed by atoms with Crippen LogP contribution < -0.4 is 5.32 Å². The van der Waals surface area contributed by atoms with Gasteiger partial charge >= 0.3 is 5.97 Å². The third kappa shape index (κ3) is 3.33. The van der Waals surface area contributed by atoms with Crippen LogP contribution in [0.4, 0.5) is 10.2 Å². The normalized spacial score (nSPS) is 10.2. The Labute approximate surface area is 142 Å². The number of hydrogen-bond acceptors (Lipinski definition) is 5. The average molecular weight is 337 g/mol. The predicted molar refractivity (Wildman–Crippen MR) is 88.2 cm³/mol. The maximum atomic E-state index is 14.2. The fourth-order valence-corrected chi connectivity index (χ4v) is 2.39. The third-order valence-corrected chi connectivity index (χ3v) is 3.48. The monoisotopic (exact) mass is 337 g/mol. The number of aliphatic carboxylic acids is 1. The molecule has 2 N–H and O–H groups in total.